The number of carbonyl (C=O) groups excluding carboxylic acids is 1. The SMILES string of the molecule is Nc1cc(NC(=O)c2cc(I)ccc2Br)ccc1Br. The average molecular weight is 496 g/mol. The number of nitrogen functional groups attached to an aromatic ring is 1. The summed E-state index contributed by atoms with van der Waals surface area (Å²) < 4.78 is 2.57. The van der Waals surface area contributed by atoms with Crippen molar-refractivity contribution in [3.8, 4) is 0 Å². The second kappa shape index (κ2) is 6.23. The fourth-order valence-corrected chi connectivity index (χ4v) is 2.66. The van der Waals surface area contributed by atoms with Crippen molar-refractivity contribution in [1.82, 2.24) is 0 Å². The van der Waals surface area contributed by atoms with Crippen LogP contribution in [0.25, 0.3) is 0 Å². The Morgan fingerprint density at radius 1 is 1.11 bits per heavy atom. The van der Waals surface area contributed by atoms with Crippen molar-refractivity contribution in [2.45, 2.75) is 0 Å². The van der Waals surface area contributed by atoms with Crippen LogP contribution >= 0.6 is 54.5 Å². The summed E-state index contributed by atoms with van der Waals surface area (Å²) in [6, 6.07) is 10.9. The first-order chi connectivity index (χ1) is 8.97. The molecule has 0 fully saturated rings. The van der Waals surface area contributed by atoms with Crippen LogP contribution in [0, 0.1) is 3.57 Å². The first-order valence-corrected chi connectivity index (χ1v) is 7.95. The number of hydrogen-bond acceptors (Lipinski definition) is 2. The first kappa shape index (κ1) is 14.8. The van der Waals surface area contributed by atoms with Crippen molar-refractivity contribution in [2.75, 3.05) is 11.1 Å². The van der Waals surface area contributed by atoms with Gasteiger partial charge in [0, 0.05) is 23.9 Å². The van der Waals surface area contributed by atoms with Gasteiger partial charge in [-0.2, -0.15) is 0 Å². The van der Waals surface area contributed by atoms with Crippen LogP contribution in [0.4, 0.5) is 11.4 Å². The highest BCUT2D eigenvalue weighted by atomic mass is 127. The van der Waals surface area contributed by atoms with E-state index in [-0.39, 0.29) is 5.91 Å². The number of benzene rings is 2. The van der Waals surface area contributed by atoms with Crippen molar-refractivity contribution in [3.05, 3.63) is 54.5 Å². The fourth-order valence-electron chi connectivity index (χ4n) is 1.49. The first-order valence-electron chi connectivity index (χ1n) is 5.29. The van der Waals surface area contributed by atoms with E-state index in [0.717, 1.165) is 12.5 Å². The second-order valence-corrected chi connectivity index (χ2v) is 6.77. The standard InChI is InChI=1S/C13H9Br2IN2O/c14-10-3-1-7(16)5-9(10)13(19)18-8-2-4-11(15)12(17)6-8/h1-6H,17H2,(H,18,19). The van der Waals surface area contributed by atoms with Crippen molar-refractivity contribution in [2.24, 2.45) is 0 Å². The Balaban J connectivity index is 2.25. The number of nitrogens with two attached hydrogens (primary N) is 1. The van der Waals surface area contributed by atoms with Crippen molar-refractivity contribution in [3.63, 3.8) is 0 Å². The molecule has 0 radical (unpaired) electrons. The van der Waals surface area contributed by atoms with E-state index in [4.69, 9.17) is 5.73 Å². The van der Waals surface area contributed by atoms with Gasteiger partial charge < -0.3 is 11.1 Å². The van der Waals surface area contributed by atoms with Gasteiger partial charge in [-0.25, -0.2) is 0 Å². The van der Waals surface area contributed by atoms with E-state index in [9.17, 15) is 4.79 Å². The molecule has 3 nitrogen and oxygen atoms in total. The molecule has 0 spiro atoms. The second-order valence-electron chi connectivity index (χ2n) is 3.81. The Kier molecular flexibility index (Phi) is 4.86. The van der Waals surface area contributed by atoms with Gasteiger partial charge in [-0.1, -0.05) is 0 Å². The lowest BCUT2D eigenvalue weighted by atomic mass is 10.2. The molecule has 98 valence electrons. The zero-order valence-electron chi connectivity index (χ0n) is 9.58. The number of amides is 1. The molecule has 0 aromatic heterocycles. The molecule has 0 bridgehead atoms. The summed E-state index contributed by atoms with van der Waals surface area (Å²) in [5.41, 5.74) is 7.62. The fraction of sp³-hybridized carbons (Fsp3) is 0. The van der Waals surface area contributed by atoms with Gasteiger partial charge in [-0.05, 0) is 90.8 Å². The molecule has 0 heterocycles. The predicted molar refractivity (Wildman–Crippen MR) is 93.4 cm³/mol. The van der Waals surface area contributed by atoms with E-state index >= 15 is 0 Å². The molecule has 2 aromatic carbocycles. The van der Waals surface area contributed by atoms with Crippen LogP contribution in [0.5, 0.6) is 0 Å². The van der Waals surface area contributed by atoms with Crippen LogP contribution in [-0.2, 0) is 0 Å². The molecule has 1 amide bonds. The predicted octanol–water partition coefficient (Wildman–Crippen LogP) is 4.65. The van der Waals surface area contributed by atoms with Crippen molar-refractivity contribution < 1.29 is 4.79 Å². The molecular formula is C13H9Br2IN2O. The van der Waals surface area contributed by atoms with Gasteiger partial charge in [-0.3, -0.25) is 4.79 Å². The quantitative estimate of drug-likeness (QED) is 0.471. The third-order valence-electron chi connectivity index (χ3n) is 2.43. The molecule has 2 aromatic rings. The maximum absolute atomic E-state index is 12.2. The van der Waals surface area contributed by atoms with E-state index in [1.807, 2.05) is 18.2 Å². The van der Waals surface area contributed by atoms with Crippen molar-refractivity contribution in [1.29, 1.82) is 0 Å². The molecule has 3 N–H and O–H groups in total. The van der Waals surface area contributed by atoms with Crippen LogP contribution < -0.4 is 11.1 Å². The minimum atomic E-state index is -0.174. The number of anilines is 2. The van der Waals surface area contributed by atoms with Gasteiger partial charge in [0.2, 0.25) is 0 Å². The molecule has 0 aliphatic heterocycles. The lowest BCUT2D eigenvalue weighted by Gasteiger charge is -2.08. The minimum absolute atomic E-state index is 0.174. The van der Waals surface area contributed by atoms with Gasteiger partial charge in [0.1, 0.15) is 0 Å². The van der Waals surface area contributed by atoms with E-state index < -0.39 is 0 Å². The molecule has 2 rings (SSSR count). The summed E-state index contributed by atoms with van der Waals surface area (Å²) in [6.07, 6.45) is 0. The van der Waals surface area contributed by atoms with Crippen molar-refractivity contribution >= 4 is 71.7 Å². The highest BCUT2D eigenvalue weighted by Gasteiger charge is 2.11. The smallest absolute Gasteiger partial charge is 0.256 e. The van der Waals surface area contributed by atoms with Crippen LogP contribution in [0.1, 0.15) is 10.4 Å². The maximum Gasteiger partial charge on any atom is 0.256 e. The zero-order valence-corrected chi connectivity index (χ0v) is 14.9. The molecule has 6 heteroatoms. The van der Waals surface area contributed by atoms with Crippen LogP contribution in [0.3, 0.4) is 0 Å². The molecule has 0 unspecified atom stereocenters. The van der Waals surface area contributed by atoms with Gasteiger partial charge in [0.15, 0.2) is 0 Å². The Hall–Kier alpha value is -0.600. The molecule has 0 aliphatic carbocycles. The van der Waals surface area contributed by atoms with E-state index in [0.29, 0.717) is 16.9 Å². The third kappa shape index (κ3) is 3.70. The molecular weight excluding hydrogens is 487 g/mol. The monoisotopic (exact) mass is 494 g/mol. The Morgan fingerprint density at radius 3 is 2.47 bits per heavy atom. The molecule has 0 saturated heterocycles. The van der Waals surface area contributed by atoms with Crippen LogP contribution in [-0.4, -0.2) is 5.91 Å². The van der Waals surface area contributed by atoms with Gasteiger partial charge in [0.25, 0.3) is 5.91 Å². The molecule has 19 heavy (non-hydrogen) atoms. The Bertz CT molecular complexity index is 647. The maximum atomic E-state index is 12.2. The summed E-state index contributed by atoms with van der Waals surface area (Å²) in [5.74, 6) is -0.174. The third-order valence-corrected chi connectivity index (χ3v) is 4.51. The summed E-state index contributed by atoms with van der Waals surface area (Å²) in [5, 5.41) is 2.82. The summed E-state index contributed by atoms with van der Waals surface area (Å²) >= 11 is 8.86. The topological polar surface area (TPSA) is 55.1 Å². The normalized spacial score (nSPS) is 10.3. The lowest BCUT2D eigenvalue weighted by Crippen LogP contribution is -2.13. The minimum Gasteiger partial charge on any atom is -0.398 e. The molecule has 0 aliphatic rings. The summed E-state index contributed by atoms with van der Waals surface area (Å²) in [6.45, 7) is 0. The molecule has 0 saturated carbocycles. The van der Waals surface area contributed by atoms with E-state index in [2.05, 4.69) is 59.8 Å². The van der Waals surface area contributed by atoms with Gasteiger partial charge in [0.05, 0.1) is 5.56 Å². The average Bonchev–Trinajstić information content (AvgIpc) is 2.36. The number of nitrogens with one attached hydrogen (secondary N) is 1. The molecule has 0 atom stereocenters. The van der Waals surface area contributed by atoms with Crippen LogP contribution in [0.2, 0.25) is 0 Å². The summed E-state index contributed by atoms with van der Waals surface area (Å²) in [7, 11) is 0. The zero-order chi connectivity index (χ0) is 14.0. The number of carbonyl (C=O) groups is 1. The number of rotatable bonds is 2. The number of halogens is 3. The lowest BCUT2D eigenvalue weighted by molar-refractivity contribution is 0.102. The summed E-state index contributed by atoms with van der Waals surface area (Å²) in [4.78, 5) is 12.2. The van der Waals surface area contributed by atoms with Crippen LogP contribution in [0.15, 0.2) is 45.3 Å². The van der Waals surface area contributed by atoms with Gasteiger partial charge in [-0.15, -0.1) is 0 Å². The number of hydrogen-bond donors (Lipinski definition) is 2. The van der Waals surface area contributed by atoms with Gasteiger partial charge >= 0.3 is 0 Å². The highest BCUT2D eigenvalue weighted by molar-refractivity contribution is 14.1. The van der Waals surface area contributed by atoms with E-state index in [1.165, 1.54) is 0 Å². The van der Waals surface area contributed by atoms with E-state index in [1.54, 1.807) is 18.2 Å². The highest BCUT2D eigenvalue weighted by Crippen LogP contribution is 2.25. The largest absolute Gasteiger partial charge is 0.398 e. The Morgan fingerprint density at radius 2 is 1.79 bits per heavy atom. The Labute approximate surface area is 141 Å².